The number of aromatic nitrogens is 2. The molecule has 96 valence electrons. The molecule has 1 aromatic carbocycles. The highest BCUT2D eigenvalue weighted by atomic mass is 32.2. The van der Waals surface area contributed by atoms with E-state index in [0.29, 0.717) is 6.04 Å². The number of fused-ring (bicyclic) bond motifs is 1. The average molecular weight is 263 g/mol. The number of thioether (sulfide) groups is 1. The van der Waals surface area contributed by atoms with Gasteiger partial charge in [-0.3, -0.25) is 0 Å². The van der Waals surface area contributed by atoms with Crippen LogP contribution in [0.5, 0.6) is 5.75 Å². The number of methoxy groups -OCH3 is 1. The number of rotatable bonds is 3. The Morgan fingerprint density at radius 3 is 3.22 bits per heavy atom. The van der Waals surface area contributed by atoms with Crippen LogP contribution >= 0.6 is 11.8 Å². The summed E-state index contributed by atoms with van der Waals surface area (Å²) in [6, 6.07) is 6.47. The monoisotopic (exact) mass is 263 g/mol. The van der Waals surface area contributed by atoms with E-state index in [9.17, 15) is 0 Å². The van der Waals surface area contributed by atoms with Crippen molar-refractivity contribution in [1.82, 2.24) is 15.3 Å². The van der Waals surface area contributed by atoms with Gasteiger partial charge in [0.25, 0.3) is 0 Å². The van der Waals surface area contributed by atoms with E-state index in [1.165, 1.54) is 11.5 Å². The van der Waals surface area contributed by atoms with Gasteiger partial charge in [-0.25, -0.2) is 4.98 Å². The third-order valence-corrected chi connectivity index (χ3v) is 4.31. The standard InChI is InChI=1S/C13H17N3OS/c1-17-10-2-3-11-12(7-10)16-13(15-11)6-9-8-18-5-4-14-9/h2-3,7,9,14H,4-6,8H2,1H3,(H,15,16). The molecular weight excluding hydrogens is 246 g/mol. The highest BCUT2D eigenvalue weighted by Gasteiger charge is 2.15. The maximum Gasteiger partial charge on any atom is 0.121 e. The lowest BCUT2D eigenvalue weighted by atomic mass is 10.2. The van der Waals surface area contributed by atoms with Crippen LogP contribution in [0.15, 0.2) is 18.2 Å². The van der Waals surface area contributed by atoms with Gasteiger partial charge < -0.3 is 15.0 Å². The molecule has 4 nitrogen and oxygen atoms in total. The third kappa shape index (κ3) is 2.47. The maximum absolute atomic E-state index is 5.22. The van der Waals surface area contributed by atoms with Gasteiger partial charge in [0.2, 0.25) is 0 Å². The minimum atomic E-state index is 0.534. The van der Waals surface area contributed by atoms with Crippen molar-refractivity contribution in [1.29, 1.82) is 0 Å². The van der Waals surface area contributed by atoms with Gasteiger partial charge in [-0.05, 0) is 12.1 Å². The quantitative estimate of drug-likeness (QED) is 0.887. The van der Waals surface area contributed by atoms with Gasteiger partial charge in [-0.2, -0.15) is 11.8 Å². The molecule has 0 bridgehead atoms. The molecule has 18 heavy (non-hydrogen) atoms. The van der Waals surface area contributed by atoms with Crippen LogP contribution < -0.4 is 10.1 Å². The summed E-state index contributed by atoms with van der Waals surface area (Å²) in [6.07, 6.45) is 0.962. The number of hydrogen-bond acceptors (Lipinski definition) is 4. The fourth-order valence-corrected chi connectivity index (χ4v) is 3.20. The lowest BCUT2D eigenvalue weighted by Gasteiger charge is -2.21. The van der Waals surface area contributed by atoms with Crippen molar-refractivity contribution in [3.8, 4) is 5.75 Å². The third-order valence-electron chi connectivity index (χ3n) is 3.18. The SMILES string of the molecule is COc1ccc2nc(CC3CSCCN3)[nH]c2c1. The Bertz CT molecular complexity index is 534. The molecule has 1 aliphatic rings. The van der Waals surface area contributed by atoms with E-state index in [2.05, 4.69) is 15.3 Å². The zero-order valence-corrected chi connectivity index (χ0v) is 11.2. The Hall–Kier alpha value is -1.20. The molecule has 1 saturated heterocycles. The molecule has 1 aromatic heterocycles. The summed E-state index contributed by atoms with van der Waals surface area (Å²) in [5.74, 6) is 4.30. The molecule has 0 saturated carbocycles. The first-order valence-corrected chi connectivity index (χ1v) is 7.34. The van der Waals surface area contributed by atoms with Crippen LogP contribution in [0, 0.1) is 0 Å². The van der Waals surface area contributed by atoms with Crippen molar-refractivity contribution in [3.63, 3.8) is 0 Å². The maximum atomic E-state index is 5.22. The second-order valence-corrected chi connectivity index (χ2v) is 5.65. The molecule has 5 heteroatoms. The molecule has 1 atom stereocenters. The summed E-state index contributed by atoms with van der Waals surface area (Å²) >= 11 is 2.01. The molecule has 1 aliphatic heterocycles. The summed E-state index contributed by atoms with van der Waals surface area (Å²) in [5.41, 5.74) is 2.06. The number of H-pyrrole nitrogens is 1. The first-order chi connectivity index (χ1) is 8.85. The number of imidazole rings is 1. The number of hydrogen-bond donors (Lipinski definition) is 2. The van der Waals surface area contributed by atoms with Gasteiger partial charge >= 0.3 is 0 Å². The van der Waals surface area contributed by atoms with E-state index in [1.807, 2.05) is 30.0 Å². The highest BCUT2D eigenvalue weighted by Crippen LogP contribution is 2.20. The first kappa shape index (κ1) is 11.9. The Morgan fingerprint density at radius 1 is 1.50 bits per heavy atom. The second kappa shape index (κ2) is 5.20. The van der Waals surface area contributed by atoms with Gasteiger partial charge in [0.1, 0.15) is 11.6 Å². The van der Waals surface area contributed by atoms with Crippen LogP contribution in [0.3, 0.4) is 0 Å². The number of ether oxygens (including phenoxy) is 1. The highest BCUT2D eigenvalue weighted by molar-refractivity contribution is 7.99. The second-order valence-electron chi connectivity index (χ2n) is 4.50. The molecule has 2 N–H and O–H groups in total. The predicted octanol–water partition coefficient (Wildman–Crippen LogP) is 1.82. The fourth-order valence-electron chi connectivity index (χ4n) is 2.25. The van der Waals surface area contributed by atoms with Crippen LogP contribution in [0.25, 0.3) is 11.0 Å². The molecule has 2 aromatic rings. The van der Waals surface area contributed by atoms with Gasteiger partial charge in [0, 0.05) is 36.6 Å². The Kier molecular flexibility index (Phi) is 3.43. The number of aromatic amines is 1. The molecule has 0 aliphatic carbocycles. The number of benzene rings is 1. The average Bonchev–Trinajstić information content (AvgIpc) is 2.80. The lowest BCUT2D eigenvalue weighted by Crippen LogP contribution is -2.39. The van der Waals surface area contributed by atoms with Crippen molar-refractivity contribution >= 4 is 22.8 Å². The largest absolute Gasteiger partial charge is 0.497 e. The summed E-state index contributed by atoms with van der Waals surface area (Å²) in [5, 5.41) is 3.53. The lowest BCUT2D eigenvalue weighted by molar-refractivity contribution is 0.415. The predicted molar refractivity (Wildman–Crippen MR) is 75.5 cm³/mol. The van der Waals surface area contributed by atoms with Crippen LogP contribution in [0.2, 0.25) is 0 Å². The van der Waals surface area contributed by atoms with E-state index in [-0.39, 0.29) is 0 Å². The van der Waals surface area contributed by atoms with E-state index in [4.69, 9.17) is 4.74 Å². The zero-order valence-electron chi connectivity index (χ0n) is 10.4. The van der Waals surface area contributed by atoms with Crippen molar-refractivity contribution in [2.45, 2.75) is 12.5 Å². The fraction of sp³-hybridized carbons (Fsp3) is 0.462. The molecular formula is C13H17N3OS. The molecule has 1 unspecified atom stereocenters. The zero-order chi connectivity index (χ0) is 12.4. The molecule has 2 heterocycles. The summed E-state index contributed by atoms with van der Waals surface area (Å²) in [4.78, 5) is 8.00. The van der Waals surface area contributed by atoms with E-state index < -0.39 is 0 Å². The van der Waals surface area contributed by atoms with E-state index in [0.717, 1.165) is 35.6 Å². The molecule has 0 spiro atoms. The minimum Gasteiger partial charge on any atom is -0.497 e. The van der Waals surface area contributed by atoms with Crippen molar-refractivity contribution in [2.24, 2.45) is 0 Å². The Labute approximate surface area is 111 Å². The van der Waals surface area contributed by atoms with Crippen LogP contribution in [-0.2, 0) is 6.42 Å². The van der Waals surface area contributed by atoms with Gasteiger partial charge in [-0.1, -0.05) is 0 Å². The smallest absolute Gasteiger partial charge is 0.121 e. The van der Waals surface area contributed by atoms with Crippen molar-refractivity contribution in [3.05, 3.63) is 24.0 Å². The van der Waals surface area contributed by atoms with Gasteiger partial charge in [0.15, 0.2) is 0 Å². The van der Waals surface area contributed by atoms with E-state index in [1.54, 1.807) is 7.11 Å². The number of nitrogens with one attached hydrogen (secondary N) is 2. The van der Waals surface area contributed by atoms with Crippen molar-refractivity contribution < 1.29 is 4.74 Å². The minimum absolute atomic E-state index is 0.534. The number of nitrogens with zero attached hydrogens (tertiary/aromatic N) is 1. The normalized spacial score (nSPS) is 20.2. The first-order valence-electron chi connectivity index (χ1n) is 6.19. The molecule has 0 radical (unpaired) electrons. The van der Waals surface area contributed by atoms with Crippen LogP contribution in [0.1, 0.15) is 5.82 Å². The molecule has 1 fully saturated rings. The molecule has 3 rings (SSSR count). The summed E-state index contributed by atoms with van der Waals surface area (Å²) in [6.45, 7) is 1.10. The van der Waals surface area contributed by atoms with Crippen LogP contribution in [0.4, 0.5) is 0 Å². The Balaban J connectivity index is 1.79. The molecule has 0 amide bonds. The Morgan fingerprint density at radius 2 is 2.44 bits per heavy atom. The van der Waals surface area contributed by atoms with Crippen molar-refractivity contribution in [2.75, 3.05) is 25.2 Å². The van der Waals surface area contributed by atoms with Crippen LogP contribution in [-0.4, -0.2) is 41.2 Å². The van der Waals surface area contributed by atoms with E-state index >= 15 is 0 Å². The summed E-state index contributed by atoms with van der Waals surface area (Å²) in [7, 11) is 1.68. The van der Waals surface area contributed by atoms with Gasteiger partial charge in [-0.15, -0.1) is 0 Å². The van der Waals surface area contributed by atoms with Gasteiger partial charge in [0.05, 0.1) is 18.1 Å². The topological polar surface area (TPSA) is 49.9 Å². The summed E-state index contributed by atoms with van der Waals surface area (Å²) < 4.78 is 5.22.